The van der Waals surface area contributed by atoms with Gasteiger partial charge in [0.15, 0.2) is 5.95 Å². The van der Waals surface area contributed by atoms with Crippen LogP contribution in [0.1, 0.15) is 13.8 Å². The van der Waals surface area contributed by atoms with Crippen LogP contribution in [0.5, 0.6) is 0 Å². The zero-order chi connectivity index (χ0) is 9.56. The summed E-state index contributed by atoms with van der Waals surface area (Å²) in [6.45, 7) is 4.70. The van der Waals surface area contributed by atoms with Crippen LogP contribution in [-0.2, 0) is 9.53 Å². The number of rotatable bonds is 4. The van der Waals surface area contributed by atoms with E-state index in [4.69, 9.17) is 0 Å². The Morgan fingerprint density at radius 1 is 1.50 bits per heavy atom. The molecule has 0 saturated carbocycles. The lowest BCUT2D eigenvalue weighted by Crippen LogP contribution is -2.20. The predicted octanol–water partition coefficient (Wildman–Crippen LogP) is 1.31. The molecule has 0 aromatic carbocycles. The van der Waals surface area contributed by atoms with Crippen LogP contribution in [0, 0.1) is 0 Å². The number of hydrogen-bond donors (Lipinski definition) is 0. The molecular weight excluding hydrogens is 161 g/mol. The highest BCUT2D eigenvalue weighted by Gasteiger charge is 2.06. The van der Waals surface area contributed by atoms with Crippen LogP contribution < -0.4 is 0 Å². The van der Waals surface area contributed by atoms with Crippen LogP contribution in [0.3, 0.4) is 0 Å². The Labute approximate surface area is 71.8 Å². The molecule has 0 atom stereocenters. The Hall–Kier alpha value is -1.06. The first kappa shape index (κ1) is 10.9. The minimum atomic E-state index is -0.667. The van der Waals surface area contributed by atoms with E-state index < -0.39 is 11.9 Å². The van der Waals surface area contributed by atoms with E-state index in [0.717, 1.165) is 6.08 Å². The predicted molar refractivity (Wildman–Crippen MR) is 44.1 cm³/mol. The molecular formula is C8H14FNO2. The van der Waals surface area contributed by atoms with E-state index in [9.17, 15) is 9.18 Å². The Bertz CT molecular complexity index is 176. The fraction of sp³-hybridized carbons (Fsp3) is 0.625. The third-order valence-electron chi connectivity index (χ3n) is 1.50. The van der Waals surface area contributed by atoms with Crippen molar-refractivity contribution < 1.29 is 13.9 Å². The molecule has 0 saturated heterocycles. The van der Waals surface area contributed by atoms with Gasteiger partial charge >= 0.3 is 5.97 Å². The van der Waals surface area contributed by atoms with Crippen LogP contribution in [0.25, 0.3) is 0 Å². The molecule has 12 heavy (non-hydrogen) atoms. The van der Waals surface area contributed by atoms with Gasteiger partial charge < -0.3 is 9.64 Å². The van der Waals surface area contributed by atoms with E-state index in [1.165, 1.54) is 12.0 Å². The number of nitrogens with zero attached hydrogens (tertiary/aromatic N) is 1. The average molecular weight is 175 g/mol. The summed E-state index contributed by atoms with van der Waals surface area (Å²) in [5, 5.41) is 0. The van der Waals surface area contributed by atoms with Crippen LogP contribution in [0.2, 0.25) is 0 Å². The average Bonchev–Trinajstić information content (AvgIpc) is 2.06. The van der Waals surface area contributed by atoms with Gasteiger partial charge in [-0.25, -0.2) is 4.79 Å². The lowest BCUT2D eigenvalue weighted by atomic mass is 10.5. The summed E-state index contributed by atoms with van der Waals surface area (Å²) >= 11 is 0. The van der Waals surface area contributed by atoms with Crippen LogP contribution in [0.15, 0.2) is 12.0 Å². The summed E-state index contributed by atoms with van der Waals surface area (Å²) in [5.74, 6) is -1.22. The SMILES string of the molecule is CCN(CC)/C(F)=C\C(=O)OC. The number of esters is 1. The molecule has 70 valence electrons. The fourth-order valence-corrected chi connectivity index (χ4v) is 0.773. The van der Waals surface area contributed by atoms with Gasteiger partial charge in [0.1, 0.15) is 0 Å². The van der Waals surface area contributed by atoms with Crippen LogP contribution in [-0.4, -0.2) is 31.1 Å². The molecule has 0 aromatic heterocycles. The van der Waals surface area contributed by atoms with E-state index in [0.29, 0.717) is 13.1 Å². The number of carbonyl (C=O) groups is 1. The monoisotopic (exact) mass is 175 g/mol. The van der Waals surface area contributed by atoms with E-state index >= 15 is 0 Å². The van der Waals surface area contributed by atoms with Crippen molar-refractivity contribution in [3.63, 3.8) is 0 Å². The van der Waals surface area contributed by atoms with Gasteiger partial charge in [-0.15, -0.1) is 0 Å². The summed E-state index contributed by atoms with van der Waals surface area (Å²) in [5.41, 5.74) is 0. The molecule has 0 rings (SSSR count). The largest absolute Gasteiger partial charge is 0.466 e. The van der Waals surface area contributed by atoms with Gasteiger partial charge in [-0.05, 0) is 13.8 Å². The van der Waals surface area contributed by atoms with E-state index in [1.54, 1.807) is 0 Å². The highest BCUT2D eigenvalue weighted by molar-refractivity contribution is 5.82. The van der Waals surface area contributed by atoms with Gasteiger partial charge in [-0.2, -0.15) is 4.39 Å². The molecule has 0 radical (unpaired) electrons. The first-order valence-electron chi connectivity index (χ1n) is 3.85. The summed E-state index contributed by atoms with van der Waals surface area (Å²) in [6, 6.07) is 0. The van der Waals surface area contributed by atoms with Crippen molar-refractivity contribution in [1.29, 1.82) is 0 Å². The standard InChI is InChI=1S/C8H14FNO2/c1-4-10(5-2)7(9)6-8(11)12-3/h6H,4-5H2,1-3H3/b7-6-. The number of carbonyl (C=O) groups excluding carboxylic acids is 1. The highest BCUT2D eigenvalue weighted by Crippen LogP contribution is 2.04. The molecule has 0 aliphatic heterocycles. The van der Waals surface area contributed by atoms with Gasteiger partial charge in [0.25, 0.3) is 0 Å². The molecule has 0 heterocycles. The molecule has 0 aliphatic carbocycles. The first-order valence-corrected chi connectivity index (χ1v) is 3.85. The van der Waals surface area contributed by atoms with Crippen molar-refractivity contribution >= 4 is 5.97 Å². The molecule has 0 bridgehead atoms. The molecule has 3 nitrogen and oxygen atoms in total. The molecule has 0 aliphatic rings. The van der Waals surface area contributed by atoms with Crippen LogP contribution in [0.4, 0.5) is 4.39 Å². The van der Waals surface area contributed by atoms with Gasteiger partial charge in [0.2, 0.25) is 0 Å². The molecule has 0 unspecified atom stereocenters. The normalized spacial score (nSPS) is 11.2. The third kappa shape index (κ3) is 3.37. The quantitative estimate of drug-likeness (QED) is 0.366. The van der Waals surface area contributed by atoms with E-state index in [-0.39, 0.29) is 0 Å². The van der Waals surface area contributed by atoms with Crippen molar-refractivity contribution in [2.24, 2.45) is 0 Å². The van der Waals surface area contributed by atoms with E-state index in [1.807, 2.05) is 13.8 Å². The zero-order valence-electron chi connectivity index (χ0n) is 7.63. The fourth-order valence-electron chi connectivity index (χ4n) is 0.773. The summed E-state index contributed by atoms with van der Waals surface area (Å²) in [6.07, 6.45) is 0.840. The Kier molecular flexibility index (Phi) is 5.08. The maximum absolute atomic E-state index is 13.0. The van der Waals surface area contributed by atoms with Gasteiger partial charge in [0, 0.05) is 13.1 Å². The lowest BCUT2D eigenvalue weighted by Gasteiger charge is -2.17. The zero-order valence-corrected chi connectivity index (χ0v) is 7.63. The van der Waals surface area contributed by atoms with Crippen molar-refractivity contribution in [2.75, 3.05) is 20.2 Å². The molecule has 0 N–H and O–H groups in total. The number of hydrogen-bond acceptors (Lipinski definition) is 3. The van der Waals surface area contributed by atoms with Crippen molar-refractivity contribution in [2.45, 2.75) is 13.8 Å². The Morgan fingerprint density at radius 3 is 2.33 bits per heavy atom. The van der Waals surface area contributed by atoms with Gasteiger partial charge in [0.05, 0.1) is 13.2 Å². The summed E-state index contributed by atoms with van der Waals surface area (Å²) in [4.78, 5) is 12.0. The third-order valence-corrected chi connectivity index (χ3v) is 1.50. The summed E-state index contributed by atoms with van der Waals surface area (Å²) < 4.78 is 17.3. The van der Waals surface area contributed by atoms with E-state index in [2.05, 4.69) is 4.74 Å². The van der Waals surface area contributed by atoms with Gasteiger partial charge in [-0.1, -0.05) is 0 Å². The minimum absolute atomic E-state index is 0.538. The highest BCUT2D eigenvalue weighted by atomic mass is 19.1. The lowest BCUT2D eigenvalue weighted by molar-refractivity contribution is -0.135. The smallest absolute Gasteiger partial charge is 0.335 e. The topological polar surface area (TPSA) is 29.5 Å². The van der Waals surface area contributed by atoms with Crippen molar-refractivity contribution in [3.8, 4) is 0 Å². The van der Waals surface area contributed by atoms with Gasteiger partial charge in [-0.3, -0.25) is 0 Å². The number of halogens is 1. The first-order chi connectivity index (χ1) is 5.65. The van der Waals surface area contributed by atoms with Crippen LogP contribution >= 0.6 is 0 Å². The molecule has 0 fully saturated rings. The Morgan fingerprint density at radius 2 is 2.00 bits per heavy atom. The number of methoxy groups -OCH3 is 1. The molecule has 0 spiro atoms. The second-order valence-corrected chi connectivity index (χ2v) is 2.16. The molecule has 4 heteroatoms. The second-order valence-electron chi connectivity index (χ2n) is 2.16. The second kappa shape index (κ2) is 5.57. The maximum Gasteiger partial charge on any atom is 0.335 e. The number of ether oxygens (including phenoxy) is 1. The molecule has 0 amide bonds. The minimum Gasteiger partial charge on any atom is -0.466 e. The summed E-state index contributed by atoms with van der Waals surface area (Å²) in [7, 11) is 1.22. The van der Waals surface area contributed by atoms with Crippen molar-refractivity contribution in [3.05, 3.63) is 12.0 Å². The maximum atomic E-state index is 13.0. The Balaban J connectivity index is 4.23. The molecule has 0 aromatic rings. The van der Waals surface area contributed by atoms with Crippen molar-refractivity contribution in [1.82, 2.24) is 4.90 Å².